The first-order valence-corrected chi connectivity index (χ1v) is 6.94. The Balaban J connectivity index is 2.16. The summed E-state index contributed by atoms with van der Waals surface area (Å²) >= 11 is 0. The molecule has 1 heterocycles. The molecule has 114 valence electrons. The van der Waals surface area contributed by atoms with Crippen molar-refractivity contribution in [2.24, 2.45) is 0 Å². The van der Waals surface area contributed by atoms with Gasteiger partial charge in [-0.15, -0.1) is 0 Å². The SMILES string of the molecule is COc1ccc2c(c1OC)NC(=O)CC2c1cccc(F)c1. The third kappa shape index (κ3) is 2.39. The van der Waals surface area contributed by atoms with Gasteiger partial charge < -0.3 is 14.8 Å². The van der Waals surface area contributed by atoms with E-state index in [1.54, 1.807) is 19.2 Å². The largest absolute Gasteiger partial charge is 0.493 e. The first kappa shape index (κ1) is 14.4. The van der Waals surface area contributed by atoms with E-state index in [1.165, 1.54) is 19.2 Å². The lowest BCUT2D eigenvalue weighted by Crippen LogP contribution is -2.24. The number of carbonyl (C=O) groups is 1. The average molecular weight is 301 g/mol. The summed E-state index contributed by atoms with van der Waals surface area (Å²) in [6.45, 7) is 0. The summed E-state index contributed by atoms with van der Waals surface area (Å²) in [5, 5.41) is 2.83. The molecule has 0 spiro atoms. The molecule has 0 radical (unpaired) electrons. The van der Waals surface area contributed by atoms with Gasteiger partial charge in [-0.25, -0.2) is 4.39 Å². The van der Waals surface area contributed by atoms with Crippen LogP contribution in [0.4, 0.5) is 10.1 Å². The van der Waals surface area contributed by atoms with Crippen LogP contribution < -0.4 is 14.8 Å². The van der Waals surface area contributed by atoms with Gasteiger partial charge in [-0.1, -0.05) is 18.2 Å². The molecule has 1 aliphatic heterocycles. The van der Waals surface area contributed by atoms with Crippen molar-refractivity contribution in [3.8, 4) is 11.5 Å². The third-order valence-electron chi connectivity index (χ3n) is 3.86. The van der Waals surface area contributed by atoms with E-state index in [0.29, 0.717) is 17.2 Å². The highest BCUT2D eigenvalue weighted by Crippen LogP contribution is 2.46. The van der Waals surface area contributed by atoms with Crippen LogP contribution in [0.1, 0.15) is 23.5 Å². The van der Waals surface area contributed by atoms with Gasteiger partial charge in [-0.2, -0.15) is 0 Å². The van der Waals surface area contributed by atoms with Crippen molar-refractivity contribution in [2.75, 3.05) is 19.5 Å². The van der Waals surface area contributed by atoms with E-state index in [1.807, 2.05) is 12.1 Å². The molecule has 22 heavy (non-hydrogen) atoms. The zero-order chi connectivity index (χ0) is 15.7. The van der Waals surface area contributed by atoms with Crippen molar-refractivity contribution < 1.29 is 18.7 Å². The number of hydrogen-bond acceptors (Lipinski definition) is 3. The molecule has 0 aliphatic carbocycles. The van der Waals surface area contributed by atoms with Crippen LogP contribution in [0.3, 0.4) is 0 Å². The number of rotatable bonds is 3. The average Bonchev–Trinajstić information content (AvgIpc) is 2.52. The molecular formula is C17H16FNO3. The van der Waals surface area contributed by atoms with Crippen LogP contribution in [0, 0.1) is 5.82 Å². The molecule has 0 bridgehead atoms. The van der Waals surface area contributed by atoms with Gasteiger partial charge in [0.15, 0.2) is 11.5 Å². The topological polar surface area (TPSA) is 47.6 Å². The van der Waals surface area contributed by atoms with Gasteiger partial charge in [0.25, 0.3) is 0 Å². The highest BCUT2D eigenvalue weighted by atomic mass is 19.1. The zero-order valence-electron chi connectivity index (χ0n) is 12.4. The smallest absolute Gasteiger partial charge is 0.225 e. The Labute approximate surface area is 127 Å². The lowest BCUT2D eigenvalue weighted by Gasteiger charge is -2.28. The number of halogens is 1. The Kier molecular flexibility index (Phi) is 3.71. The molecule has 1 atom stereocenters. The van der Waals surface area contributed by atoms with Crippen molar-refractivity contribution in [2.45, 2.75) is 12.3 Å². The Morgan fingerprint density at radius 2 is 2.00 bits per heavy atom. The second kappa shape index (κ2) is 5.67. The molecule has 2 aromatic rings. The van der Waals surface area contributed by atoms with Gasteiger partial charge in [-0.3, -0.25) is 4.79 Å². The summed E-state index contributed by atoms with van der Waals surface area (Å²) in [6.07, 6.45) is 0.270. The number of nitrogens with one attached hydrogen (secondary N) is 1. The van der Waals surface area contributed by atoms with Gasteiger partial charge in [0, 0.05) is 12.3 Å². The maximum Gasteiger partial charge on any atom is 0.225 e. The summed E-state index contributed by atoms with van der Waals surface area (Å²) < 4.78 is 24.2. The quantitative estimate of drug-likeness (QED) is 0.946. The molecule has 0 saturated carbocycles. The maximum atomic E-state index is 13.5. The van der Waals surface area contributed by atoms with E-state index in [9.17, 15) is 9.18 Å². The fourth-order valence-electron chi connectivity index (χ4n) is 2.87. The molecule has 1 aliphatic rings. The van der Waals surface area contributed by atoms with Crippen LogP contribution in [-0.2, 0) is 4.79 Å². The zero-order valence-corrected chi connectivity index (χ0v) is 12.4. The van der Waals surface area contributed by atoms with Crippen LogP contribution in [0.15, 0.2) is 36.4 Å². The molecule has 1 N–H and O–H groups in total. The van der Waals surface area contributed by atoms with Crippen molar-refractivity contribution in [3.63, 3.8) is 0 Å². The number of carbonyl (C=O) groups excluding carboxylic acids is 1. The van der Waals surface area contributed by atoms with Gasteiger partial charge in [-0.05, 0) is 29.3 Å². The van der Waals surface area contributed by atoms with E-state index in [0.717, 1.165) is 11.1 Å². The van der Waals surface area contributed by atoms with Gasteiger partial charge >= 0.3 is 0 Å². The van der Waals surface area contributed by atoms with Crippen molar-refractivity contribution in [1.82, 2.24) is 0 Å². The van der Waals surface area contributed by atoms with Crippen molar-refractivity contribution >= 4 is 11.6 Å². The minimum absolute atomic E-state index is 0.131. The summed E-state index contributed by atoms with van der Waals surface area (Å²) in [4.78, 5) is 12.1. The van der Waals surface area contributed by atoms with E-state index in [4.69, 9.17) is 9.47 Å². The molecule has 0 aromatic heterocycles. The van der Waals surface area contributed by atoms with Crippen molar-refractivity contribution in [3.05, 3.63) is 53.3 Å². The second-order valence-corrected chi connectivity index (χ2v) is 5.13. The third-order valence-corrected chi connectivity index (χ3v) is 3.86. The van der Waals surface area contributed by atoms with Crippen LogP contribution >= 0.6 is 0 Å². The Morgan fingerprint density at radius 1 is 1.18 bits per heavy atom. The van der Waals surface area contributed by atoms with Gasteiger partial charge in [0.05, 0.1) is 19.9 Å². The summed E-state index contributed by atoms with van der Waals surface area (Å²) in [5.41, 5.74) is 2.25. The molecule has 0 saturated heterocycles. The van der Waals surface area contributed by atoms with Crippen LogP contribution in [0.5, 0.6) is 11.5 Å². The van der Waals surface area contributed by atoms with E-state index < -0.39 is 0 Å². The molecule has 1 amide bonds. The maximum absolute atomic E-state index is 13.5. The number of ether oxygens (including phenoxy) is 2. The first-order chi connectivity index (χ1) is 10.6. The monoisotopic (exact) mass is 301 g/mol. The molecule has 2 aromatic carbocycles. The normalized spacial score (nSPS) is 16.7. The molecule has 3 rings (SSSR count). The number of benzene rings is 2. The number of methoxy groups -OCH3 is 2. The standard InChI is InChI=1S/C17H16FNO3/c1-21-14-7-6-12-13(10-4-3-5-11(18)8-10)9-15(20)19-16(12)17(14)22-2/h3-8,13H,9H2,1-2H3,(H,19,20). The van der Waals surface area contributed by atoms with E-state index in [-0.39, 0.29) is 24.1 Å². The number of anilines is 1. The fraction of sp³-hybridized carbons (Fsp3) is 0.235. The highest BCUT2D eigenvalue weighted by molar-refractivity contribution is 5.97. The van der Waals surface area contributed by atoms with Gasteiger partial charge in [0.1, 0.15) is 5.82 Å². The molecule has 1 unspecified atom stereocenters. The summed E-state index contributed by atoms with van der Waals surface area (Å²) in [6, 6.07) is 10.0. The van der Waals surface area contributed by atoms with Crippen LogP contribution in [0.2, 0.25) is 0 Å². The Morgan fingerprint density at radius 3 is 2.68 bits per heavy atom. The lowest BCUT2D eigenvalue weighted by molar-refractivity contribution is -0.116. The molecule has 5 heteroatoms. The fourth-order valence-corrected chi connectivity index (χ4v) is 2.87. The summed E-state index contributed by atoms with van der Waals surface area (Å²) in [7, 11) is 3.06. The van der Waals surface area contributed by atoms with E-state index >= 15 is 0 Å². The highest BCUT2D eigenvalue weighted by Gasteiger charge is 2.30. The van der Waals surface area contributed by atoms with Crippen molar-refractivity contribution in [1.29, 1.82) is 0 Å². The number of fused-ring (bicyclic) bond motifs is 1. The van der Waals surface area contributed by atoms with E-state index in [2.05, 4.69) is 5.32 Å². The predicted octanol–water partition coefficient (Wildman–Crippen LogP) is 3.32. The van der Waals surface area contributed by atoms with Crippen LogP contribution in [0.25, 0.3) is 0 Å². The van der Waals surface area contributed by atoms with Gasteiger partial charge in [0.2, 0.25) is 5.91 Å². The first-order valence-electron chi connectivity index (χ1n) is 6.94. The minimum atomic E-state index is -0.314. The molecule has 0 fully saturated rings. The number of amides is 1. The van der Waals surface area contributed by atoms with Crippen LogP contribution in [-0.4, -0.2) is 20.1 Å². The summed E-state index contributed by atoms with van der Waals surface area (Å²) in [5.74, 6) is 0.369. The molecule has 4 nitrogen and oxygen atoms in total. The Hall–Kier alpha value is -2.56. The lowest BCUT2D eigenvalue weighted by atomic mass is 9.84. The predicted molar refractivity (Wildman–Crippen MR) is 81.0 cm³/mol. The minimum Gasteiger partial charge on any atom is -0.493 e. The second-order valence-electron chi connectivity index (χ2n) is 5.13. The Bertz CT molecular complexity index is 730. The number of hydrogen-bond donors (Lipinski definition) is 1. The molecular weight excluding hydrogens is 285 g/mol.